The number of phenolic OH excluding ortho intramolecular Hbond substituents is 3. The minimum Gasteiger partial charge on any atom is -0.504 e. The van der Waals surface area contributed by atoms with Gasteiger partial charge in [-0.25, -0.2) is 4.79 Å². The first-order valence-electron chi connectivity index (χ1n) is 7.49. The largest absolute Gasteiger partial charge is 0.504 e. The number of carbonyl (C=O) groups is 1. The van der Waals surface area contributed by atoms with E-state index in [9.17, 15) is 4.79 Å². The van der Waals surface area contributed by atoms with E-state index in [1.165, 1.54) is 31.2 Å². The Morgan fingerprint density at radius 3 is 2.00 bits per heavy atom. The lowest BCUT2D eigenvalue weighted by Crippen LogP contribution is -2.13. The maximum atomic E-state index is 10.3. The summed E-state index contributed by atoms with van der Waals surface area (Å²) in [6.45, 7) is 0. The Hall–Kier alpha value is -2.69. The molecule has 0 spiro atoms. The van der Waals surface area contributed by atoms with Crippen molar-refractivity contribution in [2.75, 3.05) is 0 Å². The van der Waals surface area contributed by atoms with E-state index in [0.29, 0.717) is 0 Å². The lowest BCUT2D eigenvalue weighted by atomic mass is 9.81. The van der Waals surface area contributed by atoms with Crippen molar-refractivity contribution in [2.45, 2.75) is 25.7 Å². The number of aromatic carboxylic acids is 1. The molecule has 0 aliphatic heterocycles. The Labute approximate surface area is 134 Å². The number of benzene rings is 2. The van der Waals surface area contributed by atoms with Crippen LogP contribution in [0.1, 0.15) is 35.2 Å². The van der Waals surface area contributed by atoms with Gasteiger partial charge in [0.15, 0.2) is 17.2 Å². The molecule has 122 valence electrons. The number of carboxylic acid groups (broad SMARTS) is 1. The molecule has 3 rings (SSSR count). The second-order valence-electron chi connectivity index (χ2n) is 5.65. The normalized spacial score (nSPS) is 13.6. The van der Waals surface area contributed by atoms with Crippen LogP contribution in [0.3, 0.4) is 0 Å². The fourth-order valence-corrected chi connectivity index (χ4v) is 2.37. The summed E-state index contributed by atoms with van der Waals surface area (Å²) in [5.41, 5.74) is 1.22. The van der Waals surface area contributed by atoms with Crippen LogP contribution >= 0.6 is 0 Å². The van der Waals surface area contributed by atoms with E-state index in [0.717, 1.165) is 18.1 Å². The van der Waals surface area contributed by atoms with Crippen LogP contribution in [0.5, 0.6) is 17.2 Å². The average Bonchev–Trinajstić information content (AvgIpc) is 2.50. The van der Waals surface area contributed by atoms with Crippen LogP contribution in [-0.2, 0) is 6.42 Å². The fourth-order valence-electron chi connectivity index (χ4n) is 2.37. The van der Waals surface area contributed by atoms with Crippen molar-refractivity contribution in [2.24, 2.45) is 5.92 Å². The first-order valence-corrected chi connectivity index (χ1v) is 7.49. The zero-order valence-electron chi connectivity index (χ0n) is 12.6. The minimum atomic E-state index is -1.29. The zero-order chi connectivity index (χ0) is 16.8. The molecular weight excluding hydrogens is 296 g/mol. The quantitative estimate of drug-likeness (QED) is 0.649. The topological polar surface area (TPSA) is 98.0 Å². The van der Waals surface area contributed by atoms with Gasteiger partial charge in [-0.2, -0.15) is 0 Å². The lowest BCUT2D eigenvalue weighted by molar-refractivity contribution is 0.0696. The van der Waals surface area contributed by atoms with Gasteiger partial charge in [-0.3, -0.25) is 0 Å². The van der Waals surface area contributed by atoms with E-state index in [1.807, 2.05) is 0 Å². The SMILES string of the molecule is O=C(O)c1cc(O)c(O)c(O)c1.c1ccc(CC2CCC2)cc1. The molecule has 0 bridgehead atoms. The third-order valence-corrected chi connectivity index (χ3v) is 3.91. The minimum absolute atomic E-state index is 0.289. The number of phenols is 3. The van der Waals surface area contributed by atoms with Crippen molar-refractivity contribution in [3.8, 4) is 17.2 Å². The van der Waals surface area contributed by atoms with Gasteiger partial charge in [0.05, 0.1) is 5.56 Å². The first-order chi connectivity index (χ1) is 11.0. The summed E-state index contributed by atoms with van der Waals surface area (Å²) in [4.78, 5) is 10.3. The number of hydrogen-bond acceptors (Lipinski definition) is 4. The van der Waals surface area contributed by atoms with Crippen molar-refractivity contribution in [3.05, 3.63) is 53.6 Å². The Kier molecular flexibility index (Phi) is 5.46. The van der Waals surface area contributed by atoms with Gasteiger partial charge in [0.1, 0.15) is 0 Å². The van der Waals surface area contributed by atoms with Crippen LogP contribution in [0.15, 0.2) is 42.5 Å². The van der Waals surface area contributed by atoms with E-state index < -0.39 is 23.2 Å². The lowest BCUT2D eigenvalue weighted by Gasteiger charge is -2.25. The molecule has 5 heteroatoms. The predicted molar refractivity (Wildman–Crippen MR) is 85.9 cm³/mol. The molecule has 1 saturated carbocycles. The monoisotopic (exact) mass is 316 g/mol. The highest BCUT2D eigenvalue weighted by molar-refractivity contribution is 5.89. The van der Waals surface area contributed by atoms with Crippen molar-refractivity contribution in [3.63, 3.8) is 0 Å². The third kappa shape index (κ3) is 4.64. The van der Waals surface area contributed by atoms with E-state index >= 15 is 0 Å². The molecule has 0 amide bonds. The van der Waals surface area contributed by atoms with Gasteiger partial charge in [0.2, 0.25) is 0 Å². The molecule has 2 aromatic rings. The summed E-state index contributed by atoms with van der Waals surface area (Å²) < 4.78 is 0. The molecule has 4 N–H and O–H groups in total. The Morgan fingerprint density at radius 2 is 1.57 bits per heavy atom. The van der Waals surface area contributed by atoms with Gasteiger partial charge in [-0.15, -0.1) is 0 Å². The van der Waals surface area contributed by atoms with Crippen molar-refractivity contribution in [1.82, 2.24) is 0 Å². The van der Waals surface area contributed by atoms with Crippen LogP contribution in [0.2, 0.25) is 0 Å². The maximum absolute atomic E-state index is 10.3. The van der Waals surface area contributed by atoms with Gasteiger partial charge >= 0.3 is 5.97 Å². The third-order valence-electron chi connectivity index (χ3n) is 3.91. The van der Waals surface area contributed by atoms with Gasteiger partial charge in [-0.1, -0.05) is 49.6 Å². The highest BCUT2D eigenvalue weighted by Crippen LogP contribution is 2.35. The predicted octanol–water partition coefficient (Wildman–Crippen LogP) is 3.53. The maximum Gasteiger partial charge on any atom is 0.335 e. The number of carboxylic acids is 1. The van der Waals surface area contributed by atoms with E-state index in [2.05, 4.69) is 30.3 Å². The molecule has 1 aliphatic carbocycles. The van der Waals surface area contributed by atoms with Crippen LogP contribution < -0.4 is 0 Å². The van der Waals surface area contributed by atoms with Gasteiger partial charge < -0.3 is 20.4 Å². The summed E-state index contributed by atoms with van der Waals surface area (Å²) in [5.74, 6) is -2.34. The summed E-state index contributed by atoms with van der Waals surface area (Å²) in [7, 11) is 0. The van der Waals surface area contributed by atoms with Crippen molar-refractivity contribution >= 4 is 5.97 Å². The second kappa shape index (κ2) is 7.54. The van der Waals surface area contributed by atoms with E-state index in [-0.39, 0.29) is 5.56 Å². The fraction of sp³-hybridized carbons (Fsp3) is 0.278. The average molecular weight is 316 g/mol. The highest BCUT2D eigenvalue weighted by atomic mass is 16.4. The molecule has 0 atom stereocenters. The first kappa shape index (κ1) is 16.7. The summed E-state index contributed by atoms with van der Waals surface area (Å²) in [6, 6.07) is 12.5. The number of rotatable bonds is 3. The van der Waals surface area contributed by atoms with Crippen molar-refractivity contribution < 1.29 is 25.2 Å². The Bertz CT molecular complexity index is 639. The van der Waals surface area contributed by atoms with Gasteiger partial charge in [-0.05, 0) is 30.0 Å². The molecular formula is C18H20O5. The van der Waals surface area contributed by atoms with Crippen molar-refractivity contribution in [1.29, 1.82) is 0 Å². The Balaban J connectivity index is 0.000000167. The number of aromatic hydroxyl groups is 3. The van der Waals surface area contributed by atoms with Crippen LogP contribution in [0.4, 0.5) is 0 Å². The van der Waals surface area contributed by atoms with E-state index in [4.69, 9.17) is 20.4 Å². The molecule has 0 saturated heterocycles. The highest BCUT2D eigenvalue weighted by Gasteiger charge is 2.17. The summed E-state index contributed by atoms with van der Waals surface area (Å²) in [5, 5.41) is 35.0. The van der Waals surface area contributed by atoms with Crippen LogP contribution in [0, 0.1) is 5.92 Å². The zero-order valence-corrected chi connectivity index (χ0v) is 12.6. The van der Waals surface area contributed by atoms with E-state index in [1.54, 1.807) is 0 Å². The summed E-state index contributed by atoms with van der Waals surface area (Å²) in [6.07, 6.45) is 5.67. The molecule has 0 unspecified atom stereocenters. The van der Waals surface area contributed by atoms with Crippen LogP contribution in [0.25, 0.3) is 0 Å². The van der Waals surface area contributed by atoms with Gasteiger partial charge in [0, 0.05) is 0 Å². The molecule has 5 nitrogen and oxygen atoms in total. The molecule has 0 heterocycles. The molecule has 23 heavy (non-hydrogen) atoms. The molecule has 0 aromatic heterocycles. The standard InChI is InChI=1S/C11H14.C7H6O5/c1-2-5-10(6-3-1)9-11-7-4-8-11;8-4-1-3(7(11)12)2-5(9)6(4)10/h1-3,5-6,11H,4,7-9H2;1-2,8-10H,(H,11,12). The number of hydrogen-bond donors (Lipinski definition) is 4. The summed E-state index contributed by atoms with van der Waals surface area (Å²) >= 11 is 0. The molecule has 2 aromatic carbocycles. The smallest absolute Gasteiger partial charge is 0.335 e. The Morgan fingerprint density at radius 1 is 1.00 bits per heavy atom. The second-order valence-corrected chi connectivity index (χ2v) is 5.65. The molecule has 1 fully saturated rings. The van der Waals surface area contributed by atoms with Crippen LogP contribution in [-0.4, -0.2) is 26.4 Å². The molecule has 0 radical (unpaired) electrons. The van der Waals surface area contributed by atoms with Gasteiger partial charge in [0.25, 0.3) is 0 Å². The molecule has 1 aliphatic rings.